The van der Waals surface area contributed by atoms with Crippen molar-refractivity contribution in [1.29, 1.82) is 5.41 Å². The summed E-state index contributed by atoms with van der Waals surface area (Å²) < 4.78 is 0. The van der Waals surface area contributed by atoms with E-state index in [4.69, 9.17) is 5.41 Å². The minimum atomic E-state index is -0.848. The molecular formula is C30H38N4O2. The number of hydrogen-bond donors (Lipinski definition) is 2. The zero-order valence-electron chi connectivity index (χ0n) is 21.1. The molecule has 3 fully saturated rings. The molecule has 6 heteroatoms. The molecule has 3 amide bonds. The third-order valence-corrected chi connectivity index (χ3v) is 8.43. The van der Waals surface area contributed by atoms with Crippen LogP contribution >= 0.6 is 0 Å². The molecule has 2 heterocycles. The van der Waals surface area contributed by atoms with E-state index in [1.165, 1.54) is 25.7 Å². The zero-order valence-corrected chi connectivity index (χ0v) is 21.1. The number of piperidine rings is 1. The number of amides is 3. The highest BCUT2D eigenvalue weighted by atomic mass is 16.2. The van der Waals surface area contributed by atoms with E-state index < -0.39 is 5.41 Å². The SMILES string of the molecule is N=C1CC(c2ccccc2)(c2ccccc2)C(=O)N1CC1CCN(C(=O)NC2CCCCCC2)CC1. The molecule has 36 heavy (non-hydrogen) atoms. The Bertz CT molecular complexity index is 1020. The van der Waals surface area contributed by atoms with Gasteiger partial charge in [0.25, 0.3) is 0 Å². The second-order valence-corrected chi connectivity index (χ2v) is 10.7. The van der Waals surface area contributed by atoms with Gasteiger partial charge in [0.1, 0.15) is 11.3 Å². The molecule has 2 aromatic rings. The third kappa shape index (κ3) is 4.91. The fourth-order valence-electron chi connectivity index (χ4n) is 6.30. The molecule has 2 aliphatic heterocycles. The van der Waals surface area contributed by atoms with Crippen LogP contribution in [-0.4, -0.2) is 53.2 Å². The fraction of sp³-hybridized carbons (Fsp3) is 0.500. The number of carbonyl (C=O) groups excluding carboxylic acids is 2. The Morgan fingerprint density at radius 3 is 1.97 bits per heavy atom. The Hall–Kier alpha value is -3.15. The van der Waals surface area contributed by atoms with Crippen molar-refractivity contribution in [3.63, 3.8) is 0 Å². The van der Waals surface area contributed by atoms with Gasteiger partial charge in [0.05, 0.1) is 0 Å². The van der Waals surface area contributed by atoms with Gasteiger partial charge in [-0.25, -0.2) is 4.79 Å². The lowest BCUT2D eigenvalue weighted by molar-refractivity contribution is -0.130. The maximum Gasteiger partial charge on any atom is 0.317 e. The molecule has 2 saturated heterocycles. The lowest BCUT2D eigenvalue weighted by atomic mass is 9.73. The van der Waals surface area contributed by atoms with Crippen molar-refractivity contribution in [1.82, 2.24) is 15.1 Å². The smallest absolute Gasteiger partial charge is 0.317 e. The van der Waals surface area contributed by atoms with Gasteiger partial charge in [-0.05, 0) is 42.7 Å². The molecular weight excluding hydrogens is 448 g/mol. The van der Waals surface area contributed by atoms with Gasteiger partial charge in [-0.1, -0.05) is 86.3 Å². The molecule has 2 N–H and O–H groups in total. The average Bonchev–Trinajstić information content (AvgIpc) is 3.06. The van der Waals surface area contributed by atoms with Crippen LogP contribution in [0, 0.1) is 11.3 Å². The van der Waals surface area contributed by atoms with E-state index in [-0.39, 0.29) is 11.9 Å². The van der Waals surface area contributed by atoms with Crippen molar-refractivity contribution in [2.45, 2.75) is 69.2 Å². The highest BCUT2D eigenvalue weighted by Crippen LogP contribution is 2.43. The summed E-state index contributed by atoms with van der Waals surface area (Å²) in [6.45, 7) is 1.97. The largest absolute Gasteiger partial charge is 0.335 e. The van der Waals surface area contributed by atoms with Crippen LogP contribution in [0.5, 0.6) is 0 Å². The molecule has 0 bridgehead atoms. The summed E-state index contributed by atoms with van der Waals surface area (Å²) >= 11 is 0. The number of carbonyl (C=O) groups is 2. The monoisotopic (exact) mass is 486 g/mol. The highest BCUT2D eigenvalue weighted by Gasteiger charge is 2.52. The van der Waals surface area contributed by atoms with Crippen LogP contribution in [0.1, 0.15) is 68.9 Å². The summed E-state index contributed by atoms with van der Waals surface area (Å²) in [4.78, 5) is 30.5. The third-order valence-electron chi connectivity index (χ3n) is 8.43. The van der Waals surface area contributed by atoms with Gasteiger partial charge in [-0.2, -0.15) is 0 Å². The van der Waals surface area contributed by atoms with Crippen molar-refractivity contribution < 1.29 is 9.59 Å². The predicted octanol–water partition coefficient (Wildman–Crippen LogP) is 5.33. The highest BCUT2D eigenvalue weighted by molar-refractivity contribution is 6.12. The molecule has 0 spiro atoms. The van der Waals surface area contributed by atoms with Crippen LogP contribution in [-0.2, 0) is 10.2 Å². The van der Waals surface area contributed by atoms with E-state index in [1.807, 2.05) is 65.6 Å². The number of urea groups is 1. The van der Waals surface area contributed by atoms with Crippen LogP contribution < -0.4 is 5.32 Å². The Balaban J connectivity index is 1.24. The van der Waals surface area contributed by atoms with Crippen LogP contribution in [0.25, 0.3) is 0 Å². The number of nitrogens with zero attached hydrogens (tertiary/aromatic N) is 2. The van der Waals surface area contributed by atoms with Crippen molar-refractivity contribution in [2.75, 3.05) is 19.6 Å². The van der Waals surface area contributed by atoms with Crippen LogP contribution in [0.2, 0.25) is 0 Å². The van der Waals surface area contributed by atoms with Gasteiger partial charge in [0, 0.05) is 32.1 Å². The molecule has 1 aliphatic carbocycles. The van der Waals surface area contributed by atoms with E-state index >= 15 is 0 Å². The van der Waals surface area contributed by atoms with Crippen LogP contribution in [0.3, 0.4) is 0 Å². The lowest BCUT2D eigenvalue weighted by Gasteiger charge is -2.35. The quantitative estimate of drug-likeness (QED) is 0.561. The van der Waals surface area contributed by atoms with E-state index in [9.17, 15) is 9.59 Å². The molecule has 5 rings (SSSR count). The standard InChI is InChI=1S/C30H38N4O2/c31-27-21-30(24-11-5-3-6-12-24,25-13-7-4-8-14-25)28(35)34(27)22-23-17-19-33(20-18-23)29(36)32-26-15-9-1-2-10-16-26/h3-8,11-14,23,26,31H,1-2,9-10,15-22H2,(H,32,36). The predicted molar refractivity (Wildman–Crippen MR) is 142 cm³/mol. The fourth-order valence-corrected chi connectivity index (χ4v) is 6.30. The van der Waals surface area contributed by atoms with Crippen molar-refractivity contribution in [3.8, 4) is 0 Å². The Morgan fingerprint density at radius 1 is 0.861 bits per heavy atom. The molecule has 190 valence electrons. The normalized spacial score (nSPS) is 21.4. The van der Waals surface area contributed by atoms with Gasteiger partial charge in [-0.15, -0.1) is 0 Å². The molecule has 0 radical (unpaired) electrons. The van der Waals surface area contributed by atoms with E-state index in [0.717, 1.165) is 36.8 Å². The molecule has 1 saturated carbocycles. The van der Waals surface area contributed by atoms with E-state index in [1.54, 1.807) is 4.90 Å². The summed E-state index contributed by atoms with van der Waals surface area (Å²) in [5.74, 6) is 0.679. The second-order valence-electron chi connectivity index (χ2n) is 10.7. The average molecular weight is 487 g/mol. The Labute approximate surface area is 214 Å². The van der Waals surface area contributed by atoms with Crippen molar-refractivity contribution >= 4 is 17.8 Å². The molecule has 2 aromatic carbocycles. The number of hydrogen-bond acceptors (Lipinski definition) is 3. The molecule has 3 aliphatic rings. The molecule has 0 unspecified atom stereocenters. The minimum absolute atomic E-state index is 0.00145. The first-order chi connectivity index (χ1) is 17.6. The van der Waals surface area contributed by atoms with Crippen molar-refractivity contribution in [2.24, 2.45) is 5.92 Å². The van der Waals surface area contributed by atoms with Crippen LogP contribution in [0.15, 0.2) is 60.7 Å². The number of benzene rings is 2. The van der Waals surface area contributed by atoms with Gasteiger partial charge in [0.2, 0.25) is 5.91 Å². The summed E-state index contributed by atoms with van der Waals surface area (Å²) in [5, 5.41) is 12.1. The number of likely N-dealkylation sites (tertiary alicyclic amines) is 2. The molecule has 0 aromatic heterocycles. The first-order valence-electron chi connectivity index (χ1n) is 13.6. The summed E-state index contributed by atoms with van der Waals surface area (Å²) in [6.07, 6.45) is 9.24. The lowest BCUT2D eigenvalue weighted by Crippen LogP contribution is -2.49. The minimum Gasteiger partial charge on any atom is -0.335 e. The van der Waals surface area contributed by atoms with Gasteiger partial charge in [0.15, 0.2) is 0 Å². The van der Waals surface area contributed by atoms with Crippen molar-refractivity contribution in [3.05, 3.63) is 71.8 Å². The van der Waals surface area contributed by atoms with E-state index in [0.29, 0.717) is 43.9 Å². The van der Waals surface area contributed by atoms with Gasteiger partial charge >= 0.3 is 6.03 Å². The Kier molecular flexibility index (Phi) is 7.40. The van der Waals surface area contributed by atoms with Gasteiger partial charge in [-0.3, -0.25) is 15.1 Å². The second kappa shape index (κ2) is 10.9. The topological polar surface area (TPSA) is 76.5 Å². The van der Waals surface area contributed by atoms with E-state index in [2.05, 4.69) is 5.32 Å². The summed E-state index contributed by atoms with van der Waals surface area (Å²) in [6, 6.07) is 20.2. The molecule has 0 atom stereocenters. The number of rotatable bonds is 5. The Morgan fingerprint density at radius 2 is 1.42 bits per heavy atom. The summed E-state index contributed by atoms with van der Waals surface area (Å²) in [7, 11) is 0. The van der Waals surface area contributed by atoms with Crippen LogP contribution in [0.4, 0.5) is 4.79 Å². The first kappa shape index (κ1) is 24.5. The summed E-state index contributed by atoms with van der Waals surface area (Å²) in [5.41, 5.74) is 1.04. The number of amidine groups is 1. The first-order valence-corrected chi connectivity index (χ1v) is 13.6. The van der Waals surface area contributed by atoms with Gasteiger partial charge < -0.3 is 10.2 Å². The zero-order chi connectivity index (χ0) is 25.0. The maximum atomic E-state index is 14.0. The number of nitrogens with one attached hydrogen (secondary N) is 2. The maximum absolute atomic E-state index is 14.0. The molecule has 6 nitrogen and oxygen atoms in total.